The number of benzene rings is 2. The average molecular weight is 469 g/mol. The van der Waals surface area contributed by atoms with Gasteiger partial charge in [0.05, 0.1) is 27.2 Å². The Morgan fingerprint density at radius 1 is 1.26 bits per heavy atom. The van der Waals surface area contributed by atoms with Crippen molar-refractivity contribution in [2.75, 3.05) is 0 Å². The first-order valence-corrected chi connectivity index (χ1v) is 9.22. The van der Waals surface area contributed by atoms with E-state index in [4.69, 9.17) is 27.9 Å². The minimum atomic E-state index is -0.532. The van der Waals surface area contributed by atoms with Crippen LogP contribution in [0.25, 0.3) is 10.9 Å². The van der Waals surface area contributed by atoms with Crippen LogP contribution in [0.3, 0.4) is 0 Å². The lowest BCUT2D eigenvalue weighted by molar-refractivity contribution is -0.131. The number of rotatable bonds is 3. The van der Waals surface area contributed by atoms with Gasteiger partial charge >= 0.3 is 5.97 Å². The molecule has 0 spiro atoms. The molecule has 0 unspecified atom stereocenters. The minimum absolute atomic E-state index is 0.0774. The molecule has 0 saturated heterocycles. The maximum absolute atomic E-state index is 12.7. The Hall–Kier alpha value is -2.22. The molecular formula is C18H12BrCl2N3O3. The molecule has 138 valence electrons. The van der Waals surface area contributed by atoms with E-state index in [0.29, 0.717) is 22.3 Å². The van der Waals surface area contributed by atoms with E-state index in [0.717, 1.165) is 4.47 Å². The molecule has 0 saturated carbocycles. The number of ether oxygens (including phenoxy) is 1. The van der Waals surface area contributed by atoms with Gasteiger partial charge in [-0.05, 0) is 42.8 Å². The second-order valence-corrected chi connectivity index (χ2v) is 7.32. The van der Waals surface area contributed by atoms with Gasteiger partial charge in [-0.3, -0.25) is 9.59 Å². The fourth-order valence-electron chi connectivity index (χ4n) is 2.42. The average Bonchev–Trinajstić information content (AvgIpc) is 2.58. The van der Waals surface area contributed by atoms with Crippen LogP contribution in [0, 0.1) is 6.92 Å². The van der Waals surface area contributed by atoms with Gasteiger partial charge in [-0.25, -0.2) is 4.98 Å². The Labute approximate surface area is 172 Å². The summed E-state index contributed by atoms with van der Waals surface area (Å²) < 4.78 is 6.94. The number of aromatic nitrogens is 2. The van der Waals surface area contributed by atoms with Crippen molar-refractivity contribution in [1.82, 2.24) is 9.66 Å². The third kappa shape index (κ3) is 4.21. The number of aryl methyl sites for hydroxylation is 1. The van der Waals surface area contributed by atoms with Crippen molar-refractivity contribution in [3.8, 4) is 5.75 Å². The fraction of sp³-hybridized carbons (Fsp3) is 0.111. The molecule has 2 aromatic carbocycles. The fourth-order valence-corrected chi connectivity index (χ4v) is 3.36. The largest absolute Gasteiger partial charge is 0.424 e. The lowest BCUT2D eigenvalue weighted by Gasteiger charge is -2.08. The zero-order valence-electron chi connectivity index (χ0n) is 14.2. The molecule has 3 rings (SSSR count). The molecule has 0 aliphatic heterocycles. The molecule has 1 heterocycles. The first kappa shape index (κ1) is 19.5. The Morgan fingerprint density at radius 3 is 2.56 bits per heavy atom. The third-order valence-corrected chi connectivity index (χ3v) is 4.61. The van der Waals surface area contributed by atoms with Crippen molar-refractivity contribution in [1.29, 1.82) is 0 Å². The standard InChI is InChI=1S/C18H12BrCl2N3O3/c1-9-23-16-4-3-12(19)7-13(16)18(26)24(9)22-8-11-5-14(20)17(15(21)6-11)27-10(2)25/h3-8H,1-2H3. The molecule has 27 heavy (non-hydrogen) atoms. The first-order valence-electron chi connectivity index (χ1n) is 7.67. The summed E-state index contributed by atoms with van der Waals surface area (Å²) in [4.78, 5) is 28.2. The van der Waals surface area contributed by atoms with Gasteiger partial charge in [0.15, 0.2) is 5.75 Å². The molecule has 0 N–H and O–H groups in total. The summed E-state index contributed by atoms with van der Waals surface area (Å²) in [7, 11) is 0. The molecule has 0 aliphatic rings. The van der Waals surface area contributed by atoms with Crippen molar-refractivity contribution in [2.24, 2.45) is 5.10 Å². The monoisotopic (exact) mass is 467 g/mol. The van der Waals surface area contributed by atoms with Gasteiger partial charge in [0.25, 0.3) is 5.56 Å². The van der Waals surface area contributed by atoms with E-state index < -0.39 is 5.97 Å². The Bertz CT molecular complexity index is 1140. The topological polar surface area (TPSA) is 73.5 Å². The summed E-state index contributed by atoms with van der Waals surface area (Å²) in [5.41, 5.74) is 0.814. The van der Waals surface area contributed by atoms with Gasteiger partial charge in [0, 0.05) is 11.4 Å². The second kappa shape index (κ2) is 7.80. The van der Waals surface area contributed by atoms with Crippen molar-refractivity contribution in [3.63, 3.8) is 0 Å². The molecule has 9 heteroatoms. The lowest BCUT2D eigenvalue weighted by atomic mass is 10.2. The van der Waals surface area contributed by atoms with Gasteiger partial charge in [0.1, 0.15) is 5.82 Å². The summed E-state index contributed by atoms with van der Waals surface area (Å²) in [6.07, 6.45) is 1.43. The van der Waals surface area contributed by atoms with E-state index >= 15 is 0 Å². The highest BCUT2D eigenvalue weighted by Crippen LogP contribution is 2.34. The summed E-state index contributed by atoms with van der Waals surface area (Å²) in [6.45, 7) is 2.94. The van der Waals surface area contributed by atoms with E-state index in [2.05, 4.69) is 26.0 Å². The molecule has 6 nitrogen and oxygen atoms in total. The molecule has 0 atom stereocenters. The highest BCUT2D eigenvalue weighted by atomic mass is 79.9. The van der Waals surface area contributed by atoms with Crippen LogP contribution in [0.5, 0.6) is 5.75 Å². The van der Waals surface area contributed by atoms with Crippen LogP contribution in [0.2, 0.25) is 10.0 Å². The number of carbonyl (C=O) groups excluding carboxylic acids is 1. The summed E-state index contributed by atoms with van der Waals surface area (Å²) in [5.74, 6) is -0.0239. The molecule has 0 bridgehead atoms. The number of halogens is 3. The normalized spacial score (nSPS) is 11.3. The van der Waals surface area contributed by atoms with Crippen molar-refractivity contribution in [2.45, 2.75) is 13.8 Å². The number of nitrogens with zero attached hydrogens (tertiary/aromatic N) is 3. The zero-order valence-corrected chi connectivity index (χ0v) is 17.3. The SMILES string of the molecule is CC(=O)Oc1c(Cl)cc(C=Nn2c(C)nc3ccc(Br)cc3c2=O)cc1Cl. The third-order valence-electron chi connectivity index (χ3n) is 3.56. The summed E-state index contributed by atoms with van der Waals surface area (Å²) >= 11 is 15.6. The van der Waals surface area contributed by atoms with Crippen LogP contribution < -0.4 is 10.3 Å². The van der Waals surface area contributed by atoms with Gasteiger partial charge < -0.3 is 4.74 Å². The first-order chi connectivity index (χ1) is 12.8. The second-order valence-electron chi connectivity index (χ2n) is 5.59. The van der Waals surface area contributed by atoms with Gasteiger partial charge in [-0.2, -0.15) is 9.78 Å². The van der Waals surface area contributed by atoms with Crippen LogP contribution in [-0.4, -0.2) is 21.8 Å². The van der Waals surface area contributed by atoms with E-state index in [1.807, 2.05) is 6.07 Å². The summed E-state index contributed by atoms with van der Waals surface area (Å²) in [5, 5.41) is 4.96. The Balaban J connectivity index is 2.04. The van der Waals surface area contributed by atoms with E-state index in [1.54, 1.807) is 19.1 Å². The minimum Gasteiger partial charge on any atom is -0.424 e. The molecule has 1 aromatic heterocycles. The van der Waals surface area contributed by atoms with E-state index in [-0.39, 0.29) is 21.4 Å². The number of fused-ring (bicyclic) bond motifs is 1. The van der Waals surface area contributed by atoms with Crippen molar-refractivity contribution < 1.29 is 9.53 Å². The van der Waals surface area contributed by atoms with Crippen molar-refractivity contribution in [3.05, 3.63) is 66.6 Å². The maximum Gasteiger partial charge on any atom is 0.308 e. The number of esters is 1. The number of hydrogen-bond acceptors (Lipinski definition) is 5. The molecule has 0 fully saturated rings. The lowest BCUT2D eigenvalue weighted by Crippen LogP contribution is -2.20. The van der Waals surface area contributed by atoms with Crippen molar-refractivity contribution >= 4 is 62.2 Å². The van der Waals surface area contributed by atoms with Crippen LogP contribution in [0.4, 0.5) is 0 Å². The van der Waals surface area contributed by atoms with Crippen LogP contribution in [-0.2, 0) is 4.79 Å². The molecular weight excluding hydrogens is 457 g/mol. The smallest absolute Gasteiger partial charge is 0.308 e. The molecule has 0 amide bonds. The summed E-state index contributed by atoms with van der Waals surface area (Å²) in [6, 6.07) is 8.32. The van der Waals surface area contributed by atoms with Crippen LogP contribution in [0.15, 0.2) is 44.7 Å². The van der Waals surface area contributed by atoms with Crippen LogP contribution in [0.1, 0.15) is 18.3 Å². The van der Waals surface area contributed by atoms with Gasteiger partial charge in [0.2, 0.25) is 0 Å². The highest BCUT2D eigenvalue weighted by molar-refractivity contribution is 9.10. The molecule has 0 radical (unpaired) electrons. The van der Waals surface area contributed by atoms with E-state index in [9.17, 15) is 9.59 Å². The predicted octanol–water partition coefficient (Wildman–Crippen LogP) is 4.58. The van der Waals surface area contributed by atoms with Gasteiger partial charge in [-0.1, -0.05) is 39.1 Å². The number of hydrogen-bond donors (Lipinski definition) is 0. The molecule has 0 aliphatic carbocycles. The zero-order chi connectivity index (χ0) is 19.7. The number of carbonyl (C=O) groups is 1. The maximum atomic E-state index is 12.7. The highest BCUT2D eigenvalue weighted by Gasteiger charge is 2.12. The van der Waals surface area contributed by atoms with E-state index in [1.165, 1.54) is 29.9 Å². The van der Waals surface area contributed by atoms with Crippen LogP contribution >= 0.6 is 39.1 Å². The van der Waals surface area contributed by atoms with Gasteiger partial charge in [-0.15, -0.1) is 0 Å². The quantitative estimate of drug-likeness (QED) is 0.320. The predicted molar refractivity (Wildman–Crippen MR) is 109 cm³/mol. The molecule has 3 aromatic rings. The Morgan fingerprint density at radius 2 is 1.93 bits per heavy atom. The Kier molecular flexibility index (Phi) is 5.64.